The largest absolute Gasteiger partial charge is 0.326 e. The van der Waals surface area contributed by atoms with E-state index < -0.39 is 35.0 Å². The second kappa shape index (κ2) is 6.52. The first-order valence-electron chi connectivity index (χ1n) is 5.93. The Morgan fingerprint density at radius 1 is 0.955 bits per heavy atom. The fourth-order valence-electron chi connectivity index (χ4n) is 1.64. The monoisotopic (exact) mass is 326 g/mol. The normalized spacial score (nSPS) is 10.2. The van der Waals surface area contributed by atoms with E-state index in [9.17, 15) is 22.8 Å². The highest BCUT2D eigenvalue weighted by Gasteiger charge is 2.19. The maximum atomic E-state index is 13.5. The Kier molecular flexibility index (Phi) is 4.71. The number of urea groups is 1. The van der Waals surface area contributed by atoms with Gasteiger partial charge in [0.15, 0.2) is 0 Å². The molecule has 8 heteroatoms. The number of carbonyl (C=O) groups excluding carboxylic acids is 2. The number of benzene rings is 2. The van der Waals surface area contributed by atoms with Crippen LogP contribution in [-0.2, 0) is 0 Å². The summed E-state index contributed by atoms with van der Waals surface area (Å²) in [7, 11) is 0. The molecule has 0 spiro atoms. The lowest BCUT2D eigenvalue weighted by Gasteiger charge is -2.09. The fraction of sp³-hybridized carbons (Fsp3) is 0. The van der Waals surface area contributed by atoms with Gasteiger partial charge in [0.2, 0.25) is 0 Å². The molecule has 0 bridgehead atoms. The van der Waals surface area contributed by atoms with E-state index in [2.05, 4.69) is 17.9 Å². The number of carbonyl (C=O) groups is 2. The van der Waals surface area contributed by atoms with E-state index in [1.54, 1.807) is 5.32 Å². The van der Waals surface area contributed by atoms with E-state index >= 15 is 0 Å². The van der Waals surface area contributed by atoms with Crippen molar-refractivity contribution < 1.29 is 22.8 Å². The highest BCUT2D eigenvalue weighted by Crippen LogP contribution is 2.18. The van der Waals surface area contributed by atoms with Gasteiger partial charge in [-0.05, 0) is 30.3 Å². The second-order valence-corrected chi connectivity index (χ2v) is 4.69. The van der Waals surface area contributed by atoms with E-state index in [0.29, 0.717) is 4.90 Å². The maximum absolute atomic E-state index is 13.5. The molecule has 0 aliphatic carbocycles. The summed E-state index contributed by atoms with van der Waals surface area (Å²) < 4.78 is 40.3. The van der Waals surface area contributed by atoms with Gasteiger partial charge in [-0.1, -0.05) is 6.07 Å². The van der Waals surface area contributed by atoms with E-state index in [1.807, 2.05) is 0 Å². The summed E-state index contributed by atoms with van der Waals surface area (Å²) >= 11 is 3.91. The van der Waals surface area contributed by atoms with Gasteiger partial charge in [0.1, 0.15) is 23.0 Å². The van der Waals surface area contributed by atoms with Gasteiger partial charge in [-0.15, -0.1) is 12.6 Å². The van der Waals surface area contributed by atoms with Crippen molar-refractivity contribution in [3.63, 3.8) is 0 Å². The zero-order valence-corrected chi connectivity index (χ0v) is 11.8. The van der Waals surface area contributed by atoms with Gasteiger partial charge in [0.05, 0.1) is 5.69 Å². The number of halogens is 3. The third-order valence-electron chi connectivity index (χ3n) is 2.62. The predicted octanol–water partition coefficient (Wildman–Crippen LogP) is 3.35. The van der Waals surface area contributed by atoms with Gasteiger partial charge in [-0.25, -0.2) is 18.0 Å². The van der Waals surface area contributed by atoms with E-state index in [1.165, 1.54) is 12.1 Å². The van der Waals surface area contributed by atoms with Crippen molar-refractivity contribution in [2.45, 2.75) is 4.90 Å². The average molecular weight is 326 g/mol. The number of rotatable bonds is 2. The van der Waals surface area contributed by atoms with Crippen molar-refractivity contribution in [1.29, 1.82) is 0 Å². The predicted molar refractivity (Wildman–Crippen MR) is 76.5 cm³/mol. The quantitative estimate of drug-likeness (QED) is 0.741. The molecular formula is C14H9F3N2O2S. The van der Waals surface area contributed by atoms with Crippen molar-refractivity contribution in [2.75, 3.05) is 5.32 Å². The first kappa shape index (κ1) is 15.9. The van der Waals surface area contributed by atoms with E-state index in [4.69, 9.17) is 0 Å². The van der Waals surface area contributed by atoms with Crippen LogP contribution in [0.25, 0.3) is 0 Å². The molecule has 114 valence electrons. The molecule has 0 atom stereocenters. The summed E-state index contributed by atoms with van der Waals surface area (Å²) in [5, 5.41) is 3.77. The zero-order chi connectivity index (χ0) is 16.3. The molecule has 2 N–H and O–H groups in total. The van der Waals surface area contributed by atoms with Crippen LogP contribution in [0.4, 0.5) is 23.7 Å². The lowest BCUT2D eigenvalue weighted by Crippen LogP contribution is -2.35. The zero-order valence-electron chi connectivity index (χ0n) is 10.9. The Balaban J connectivity index is 2.10. The van der Waals surface area contributed by atoms with Crippen LogP contribution in [0.15, 0.2) is 41.3 Å². The van der Waals surface area contributed by atoms with Gasteiger partial charge < -0.3 is 5.32 Å². The van der Waals surface area contributed by atoms with Gasteiger partial charge in [-0.3, -0.25) is 10.1 Å². The molecule has 4 nitrogen and oxygen atoms in total. The summed E-state index contributed by atoms with van der Waals surface area (Å²) in [5.74, 6) is -4.28. The van der Waals surface area contributed by atoms with Gasteiger partial charge in [0, 0.05) is 4.90 Å². The molecule has 0 aliphatic rings. The third-order valence-corrected chi connectivity index (χ3v) is 2.90. The summed E-state index contributed by atoms with van der Waals surface area (Å²) in [6.45, 7) is 0. The molecule has 0 fully saturated rings. The molecule has 0 aliphatic heterocycles. The topological polar surface area (TPSA) is 58.2 Å². The van der Waals surface area contributed by atoms with E-state index in [0.717, 1.165) is 24.3 Å². The lowest BCUT2D eigenvalue weighted by molar-refractivity contribution is 0.0959. The van der Waals surface area contributed by atoms with Crippen molar-refractivity contribution in [3.05, 3.63) is 59.4 Å². The molecule has 2 aromatic rings. The molecule has 0 saturated heterocycles. The number of imide groups is 1. The Labute approximate surface area is 128 Å². The number of thiol groups is 1. The summed E-state index contributed by atoms with van der Waals surface area (Å²) in [6.07, 6.45) is 0. The molecule has 0 saturated carbocycles. The number of amides is 3. The minimum atomic E-state index is -1.28. The Bertz CT molecular complexity index is 733. The van der Waals surface area contributed by atoms with Gasteiger partial charge in [0.25, 0.3) is 5.91 Å². The average Bonchev–Trinajstić information content (AvgIpc) is 2.41. The van der Waals surface area contributed by atoms with E-state index in [-0.39, 0.29) is 5.69 Å². The van der Waals surface area contributed by atoms with Crippen LogP contribution >= 0.6 is 12.6 Å². The number of anilines is 1. The minimum Gasteiger partial charge on any atom is -0.305 e. The third kappa shape index (κ3) is 3.59. The van der Waals surface area contributed by atoms with Crippen LogP contribution < -0.4 is 10.6 Å². The SMILES string of the molecule is O=C(NC(=O)c1c(F)cccc1F)Nc1ccc(S)cc1F. The Morgan fingerprint density at radius 2 is 1.59 bits per heavy atom. The summed E-state index contributed by atoms with van der Waals surface area (Å²) in [6, 6.07) is 5.40. The smallest absolute Gasteiger partial charge is 0.305 e. The first-order valence-corrected chi connectivity index (χ1v) is 6.38. The number of hydrogen-bond donors (Lipinski definition) is 3. The molecular weight excluding hydrogens is 317 g/mol. The molecule has 22 heavy (non-hydrogen) atoms. The Hall–Kier alpha value is -2.48. The highest BCUT2D eigenvalue weighted by molar-refractivity contribution is 7.80. The van der Waals surface area contributed by atoms with Crippen LogP contribution in [0.1, 0.15) is 10.4 Å². The van der Waals surface area contributed by atoms with Crippen molar-refractivity contribution in [2.24, 2.45) is 0 Å². The maximum Gasteiger partial charge on any atom is 0.326 e. The van der Waals surface area contributed by atoms with Crippen molar-refractivity contribution in [3.8, 4) is 0 Å². The summed E-state index contributed by atoms with van der Waals surface area (Å²) in [4.78, 5) is 23.6. The lowest BCUT2D eigenvalue weighted by atomic mass is 10.2. The molecule has 0 radical (unpaired) electrons. The molecule has 0 heterocycles. The summed E-state index contributed by atoms with van der Waals surface area (Å²) in [5.41, 5.74) is -1.11. The van der Waals surface area contributed by atoms with Crippen LogP contribution in [-0.4, -0.2) is 11.9 Å². The standard InChI is InChI=1S/C14H9F3N2O2S/c15-8-2-1-3-9(16)12(8)13(20)19-14(21)18-11-5-4-7(22)6-10(11)17/h1-6,22H,(H2,18,19,20,21). The fourth-order valence-corrected chi connectivity index (χ4v) is 1.83. The van der Waals surface area contributed by atoms with Crippen molar-refractivity contribution in [1.82, 2.24) is 5.32 Å². The number of hydrogen-bond acceptors (Lipinski definition) is 3. The molecule has 0 unspecified atom stereocenters. The number of nitrogens with one attached hydrogen (secondary N) is 2. The second-order valence-electron chi connectivity index (χ2n) is 4.17. The van der Waals surface area contributed by atoms with Gasteiger partial charge >= 0.3 is 6.03 Å². The first-order chi connectivity index (χ1) is 10.4. The molecule has 2 aromatic carbocycles. The molecule has 0 aromatic heterocycles. The molecule has 2 rings (SSSR count). The highest BCUT2D eigenvalue weighted by atomic mass is 32.1. The van der Waals surface area contributed by atoms with Crippen LogP contribution in [0.3, 0.4) is 0 Å². The van der Waals surface area contributed by atoms with Crippen LogP contribution in [0, 0.1) is 17.5 Å². The molecule has 3 amide bonds. The van der Waals surface area contributed by atoms with Crippen LogP contribution in [0.5, 0.6) is 0 Å². The van der Waals surface area contributed by atoms with Crippen LogP contribution in [0.2, 0.25) is 0 Å². The van der Waals surface area contributed by atoms with Gasteiger partial charge in [-0.2, -0.15) is 0 Å². The minimum absolute atomic E-state index is 0.211. The van der Waals surface area contributed by atoms with Crippen molar-refractivity contribution >= 4 is 30.3 Å². The Morgan fingerprint density at radius 3 is 2.18 bits per heavy atom.